The zero-order valence-corrected chi connectivity index (χ0v) is 11.5. The highest BCUT2D eigenvalue weighted by atomic mass is 16.4. The van der Waals surface area contributed by atoms with Gasteiger partial charge in [0.05, 0.1) is 0 Å². The van der Waals surface area contributed by atoms with Crippen LogP contribution in [0.3, 0.4) is 0 Å². The number of carbonyl (C=O) groups excluding carboxylic acids is 1. The summed E-state index contributed by atoms with van der Waals surface area (Å²) in [6.07, 6.45) is 0.389. The Morgan fingerprint density at radius 2 is 1.83 bits per heavy atom. The molecule has 1 aliphatic rings. The van der Waals surface area contributed by atoms with Gasteiger partial charge in [-0.25, -0.2) is 9.59 Å². The van der Waals surface area contributed by atoms with Crippen LogP contribution in [0.2, 0.25) is 0 Å². The van der Waals surface area contributed by atoms with Crippen molar-refractivity contribution in [2.75, 3.05) is 20.1 Å². The molecule has 2 unspecified atom stereocenters. The van der Waals surface area contributed by atoms with Crippen LogP contribution in [0.4, 0.5) is 4.79 Å². The highest BCUT2D eigenvalue weighted by molar-refractivity contribution is 5.82. The van der Waals surface area contributed by atoms with E-state index in [2.05, 4.69) is 24.1 Å². The third kappa shape index (κ3) is 3.35. The molecule has 1 heterocycles. The number of amides is 2. The molecule has 6 nitrogen and oxygen atoms in total. The maximum Gasteiger partial charge on any atom is 0.326 e. The molecule has 1 rings (SSSR count). The van der Waals surface area contributed by atoms with Crippen LogP contribution < -0.4 is 5.32 Å². The number of carboxylic acid groups (broad SMARTS) is 1. The molecular weight excluding hydrogens is 234 g/mol. The molecular formula is C12H23N3O3. The molecule has 0 aliphatic carbocycles. The van der Waals surface area contributed by atoms with Gasteiger partial charge in [0.2, 0.25) is 0 Å². The van der Waals surface area contributed by atoms with Crippen LogP contribution in [-0.2, 0) is 4.79 Å². The molecule has 1 saturated heterocycles. The summed E-state index contributed by atoms with van der Waals surface area (Å²) in [5.41, 5.74) is 0. The van der Waals surface area contributed by atoms with Crippen molar-refractivity contribution in [3.63, 3.8) is 0 Å². The van der Waals surface area contributed by atoms with E-state index in [4.69, 9.17) is 5.11 Å². The van der Waals surface area contributed by atoms with Gasteiger partial charge in [0, 0.05) is 25.2 Å². The first-order chi connectivity index (χ1) is 8.36. The van der Waals surface area contributed by atoms with Crippen LogP contribution in [0.1, 0.15) is 27.2 Å². The lowest BCUT2D eigenvalue weighted by atomic mass is 10.1. The van der Waals surface area contributed by atoms with Crippen molar-refractivity contribution >= 4 is 12.0 Å². The van der Waals surface area contributed by atoms with E-state index in [-0.39, 0.29) is 18.1 Å². The van der Waals surface area contributed by atoms with Gasteiger partial charge in [0.15, 0.2) is 0 Å². The number of likely N-dealkylation sites (N-methyl/N-ethyl adjacent to an activating group) is 1. The summed E-state index contributed by atoms with van der Waals surface area (Å²) in [6, 6.07) is -0.521. The maximum absolute atomic E-state index is 12.0. The normalized spacial score (nSPS) is 26.8. The molecule has 1 aliphatic heterocycles. The summed E-state index contributed by atoms with van der Waals surface area (Å²) in [4.78, 5) is 26.8. The number of piperazine rings is 1. The topological polar surface area (TPSA) is 72.9 Å². The Morgan fingerprint density at radius 1 is 1.33 bits per heavy atom. The number of carboxylic acids is 1. The van der Waals surface area contributed by atoms with Crippen molar-refractivity contribution in [1.29, 1.82) is 0 Å². The minimum Gasteiger partial charge on any atom is -0.480 e. The second kappa shape index (κ2) is 6.04. The number of rotatable bonds is 3. The lowest BCUT2D eigenvalue weighted by molar-refractivity contribution is -0.139. The third-order valence-electron chi connectivity index (χ3n) is 3.65. The van der Waals surface area contributed by atoms with E-state index >= 15 is 0 Å². The van der Waals surface area contributed by atoms with E-state index in [1.54, 1.807) is 11.8 Å². The zero-order valence-electron chi connectivity index (χ0n) is 11.5. The Labute approximate surface area is 108 Å². The Balaban J connectivity index is 2.59. The van der Waals surface area contributed by atoms with Gasteiger partial charge in [0.25, 0.3) is 0 Å². The quantitative estimate of drug-likeness (QED) is 0.776. The first kappa shape index (κ1) is 14.8. The predicted molar refractivity (Wildman–Crippen MR) is 68.5 cm³/mol. The van der Waals surface area contributed by atoms with E-state index in [1.165, 1.54) is 0 Å². The molecule has 0 bridgehead atoms. The molecule has 18 heavy (non-hydrogen) atoms. The highest BCUT2D eigenvalue weighted by Crippen LogP contribution is 2.13. The van der Waals surface area contributed by atoms with Crippen molar-refractivity contribution in [3.05, 3.63) is 0 Å². The number of urea groups is 1. The molecule has 0 radical (unpaired) electrons. The van der Waals surface area contributed by atoms with Gasteiger partial charge < -0.3 is 15.3 Å². The summed E-state index contributed by atoms with van der Waals surface area (Å²) in [6.45, 7) is 7.12. The van der Waals surface area contributed by atoms with Crippen molar-refractivity contribution < 1.29 is 14.7 Å². The van der Waals surface area contributed by atoms with Crippen LogP contribution in [-0.4, -0.2) is 65.2 Å². The van der Waals surface area contributed by atoms with E-state index < -0.39 is 12.0 Å². The number of nitrogens with zero attached hydrogens (tertiary/aromatic N) is 2. The summed E-state index contributed by atoms with van der Waals surface area (Å²) >= 11 is 0. The average Bonchev–Trinajstić information content (AvgIpc) is 2.31. The van der Waals surface area contributed by atoms with E-state index in [0.717, 1.165) is 0 Å². The molecule has 0 aromatic carbocycles. The van der Waals surface area contributed by atoms with Crippen LogP contribution in [0.5, 0.6) is 0 Å². The minimum absolute atomic E-state index is 0.281. The second-order valence-corrected chi connectivity index (χ2v) is 5.02. The van der Waals surface area contributed by atoms with Crippen molar-refractivity contribution in [2.24, 2.45) is 0 Å². The fourth-order valence-electron chi connectivity index (χ4n) is 2.15. The van der Waals surface area contributed by atoms with Gasteiger partial charge in [-0.2, -0.15) is 0 Å². The molecule has 2 N–H and O–H groups in total. The molecule has 6 heteroatoms. The maximum atomic E-state index is 12.0. The van der Waals surface area contributed by atoms with Gasteiger partial charge in [0.1, 0.15) is 6.04 Å². The molecule has 0 spiro atoms. The van der Waals surface area contributed by atoms with E-state index in [0.29, 0.717) is 19.5 Å². The molecule has 1 fully saturated rings. The van der Waals surface area contributed by atoms with Gasteiger partial charge >= 0.3 is 12.0 Å². The molecule has 0 saturated carbocycles. The SMILES string of the molecule is CC[C@@H](NC(=O)N1CC(C)N(C)C(C)C1)C(=O)O. The summed E-state index contributed by atoms with van der Waals surface area (Å²) < 4.78 is 0. The van der Waals surface area contributed by atoms with Gasteiger partial charge in [-0.3, -0.25) is 4.90 Å². The van der Waals surface area contributed by atoms with E-state index in [1.807, 2.05) is 7.05 Å². The Morgan fingerprint density at radius 3 is 2.22 bits per heavy atom. The summed E-state index contributed by atoms with van der Waals surface area (Å²) in [5.74, 6) is -0.985. The van der Waals surface area contributed by atoms with Crippen LogP contribution in [0.25, 0.3) is 0 Å². The first-order valence-electron chi connectivity index (χ1n) is 6.37. The molecule has 0 aromatic heterocycles. The lowest BCUT2D eigenvalue weighted by Gasteiger charge is -2.42. The highest BCUT2D eigenvalue weighted by Gasteiger charge is 2.30. The Hall–Kier alpha value is -1.30. The number of carbonyl (C=O) groups is 2. The third-order valence-corrected chi connectivity index (χ3v) is 3.65. The summed E-state index contributed by atoms with van der Waals surface area (Å²) in [7, 11) is 2.04. The number of hydrogen-bond acceptors (Lipinski definition) is 3. The Bertz CT molecular complexity index is 310. The van der Waals surface area contributed by atoms with Crippen molar-refractivity contribution in [2.45, 2.75) is 45.3 Å². The van der Waals surface area contributed by atoms with Crippen LogP contribution in [0, 0.1) is 0 Å². The molecule has 104 valence electrons. The van der Waals surface area contributed by atoms with Gasteiger partial charge in [-0.05, 0) is 27.3 Å². The molecule has 0 aromatic rings. The Kier molecular flexibility index (Phi) is 4.95. The number of nitrogens with one attached hydrogen (secondary N) is 1. The largest absolute Gasteiger partial charge is 0.480 e. The molecule has 2 amide bonds. The zero-order chi connectivity index (χ0) is 13.9. The molecule has 3 atom stereocenters. The monoisotopic (exact) mass is 257 g/mol. The van der Waals surface area contributed by atoms with Crippen molar-refractivity contribution in [3.8, 4) is 0 Å². The predicted octanol–water partition coefficient (Wildman–Crippen LogP) is 0.584. The second-order valence-electron chi connectivity index (χ2n) is 5.02. The fraction of sp³-hybridized carbons (Fsp3) is 0.833. The summed E-state index contributed by atoms with van der Waals surface area (Å²) in [5, 5.41) is 11.5. The lowest BCUT2D eigenvalue weighted by Crippen LogP contribution is -2.59. The fourth-order valence-corrected chi connectivity index (χ4v) is 2.15. The van der Waals surface area contributed by atoms with Gasteiger partial charge in [-0.1, -0.05) is 6.92 Å². The standard InChI is InChI=1S/C12H23N3O3/c1-5-10(11(16)17)13-12(18)15-6-8(2)14(4)9(3)7-15/h8-10H,5-7H2,1-4H3,(H,13,18)(H,16,17)/t8?,9?,10-/m1/s1. The average molecular weight is 257 g/mol. The van der Waals surface area contributed by atoms with Crippen LogP contribution in [0.15, 0.2) is 0 Å². The van der Waals surface area contributed by atoms with E-state index in [9.17, 15) is 9.59 Å². The van der Waals surface area contributed by atoms with Crippen LogP contribution >= 0.6 is 0 Å². The van der Waals surface area contributed by atoms with Crippen molar-refractivity contribution in [1.82, 2.24) is 15.1 Å². The minimum atomic E-state index is -0.985. The first-order valence-corrected chi connectivity index (χ1v) is 6.37. The number of aliphatic carboxylic acids is 1. The smallest absolute Gasteiger partial charge is 0.326 e. The number of hydrogen-bond donors (Lipinski definition) is 2. The van der Waals surface area contributed by atoms with Gasteiger partial charge in [-0.15, -0.1) is 0 Å².